The molecule has 0 atom stereocenters. The molecule has 0 saturated heterocycles. The fourth-order valence-electron chi connectivity index (χ4n) is 0.864. The summed E-state index contributed by atoms with van der Waals surface area (Å²) < 4.78 is 9.95. The molecular formula is C10H19NO3. The summed E-state index contributed by atoms with van der Waals surface area (Å²) in [4.78, 5) is 11.1. The number of carbonyl (C=O) groups excluding carboxylic acids is 1. The third-order valence-electron chi connectivity index (χ3n) is 1.56. The highest BCUT2D eigenvalue weighted by Gasteiger charge is 1.99. The SMILES string of the molecule is C=COCCCNC(=O)CCOCC. The van der Waals surface area contributed by atoms with E-state index in [1.54, 1.807) is 0 Å². The van der Waals surface area contributed by atoms with Gasteiger partial charge in [0.2, 0.25) is 5.91 Å². The molecule has 0 bridgehead atoms. The molecule has 0 aliphatic rings. The molecule has 0 radical (unpaired) electrons. The fourth-order valence-corrected chi connectivity index (χ4v) is 0.864. The van der Waals surface area contributed by atoms with E-state index in [2.05, 4.69) is 11.9 Å². The molecule has 82 valence electrons. The first-order chi connectivity index (χ1) is 6.81. The standard InChI is InChI=1S/C10H19NO3/c1-3-13-8-5-7-11-10(12)6-9-14-4-2/h3H,1,4-9H2,2H3,(H,11,12). The van der Waals surface area contributed by atoms with Crippen LogP contribution < -0.4 is 5.32 Å². The zero-order chi connectivity index (χ0) is 10.6. The first-order valence-corrected chi connectivity index (χ1v) is 4.88. The highest BCUT2D eigenvalue weighted by atomic mass is 16.5. The van der Waals surface area contributed by atoms with Gasteiger partial charge in [-0.2, -0.15) is 0 Å². The van der Waals surface area contributed by atoms with E-state index in [0.29, 0.717) is 32.8 Å². The Morgan fingerprint density at radius 1 is 1.50 bits per heavy atom. The summed E-state index contributed by atoms with van der Waals surface area (Å²) in [7, 11) is 0. The van der Waals surface area contributed by atoms with E-state index in [1.807, 2.05) is 6.92 Å². The van der Waals surface area contributed by atoms with Crippen molar-refractivity contribution in [3.8, 4) is 0 Å². The lowest BCUT2D eigenvalue weighted by atomic mass is 10.4. The zero-order valence-electron chi connectivity index (χ0n) is 8.75. The lowest BCUT2D eigenvalue weighted by molar-refractivity contribution is -0.122. The Balaban J connectivity index is 3.14. The molecule has 14 heavy (non-hydrogen) atoms. The number of carbonyl (C=O) groups is 1. The number of ether oxygens (including phenoxy) is 2. The molecule has 4 nitrogen and oxygen atoms in total. The minimum Gasteiger partial charge on any atom is -0.502 e. The van der Waals surface area contributed by atoms with E-state index < -0.39 is 0 Å². The molecule has 0 rings (SSSR count). The predicted octanol–water partition coefficient (Wildman–Crippen LogP) is 1.08. The summed E-state index contributed by atoms with van der Waals surface area (Å²) in [6.45, 7) is 7.70. The molecule has 0 spiro atoms. The lowest BCUT2D eigenvalue weighted by Gasteiger charge is -2.04. The number of amides is 1. The quantitative estimate of drug-likeness (QED) is 0.448. The van der Waals surface area contributed by atoms with Gasteiger partial charge in [-0.25, -0.2) is 0 Å². The second kappa shape index (κ2) is 10.1. The van der Waals surface area contributed by atoms with Gasteiger partial charge in [0, 0.05) is 19.6 Å². The van der Waals surface area contributed by atoms with Crippen LogP contribution in [0.25, 0.3) is 0 Å². The van der Waals surface area contributed by atoms with Gasteiger partial charge in [-0.3, -0.25) is 4.79 Å². The Morgan fingerprint density at radius 3 is 2.93 bits per heavy atom. The monoisotopic (exact) mass is 201 g/mol. The van der Waals surface area contributed by atoms with Crippen molar-refractivity contribution in [1.29, 1.82) is 0 Å². The first kappa shape index (κ1) is 13.0. The number of nitrogens with one attached hydrogen (secondary N) is 1. The average Bonchev–Trinajstić information content (AvgIpc) is 2.18. The molecule has 4 heteroatoms. The molecule has 0 aliphatic heterocycles. The maximum atomic E-state index is 11.1. The molecule has 0 aliphatic carbocycles. The summed E-state index contributed by atoms with van der Waals surface area (Å²) >= 11 is 0. The van der Waals surface area contributed by atoms with Gasteiger partial charge in [0.25, 0.3) is 0 Å². The molecular weight excluding hydrogens is 182 g/mol. The van der Waals surface area contributed by atoms with Crippen LogP contribution in [0.4, 0.5) is 0 Å². The minimum absolute atomic E-state index is 0.0250. The molecule has 0 unspecified atom stereocenters. The Hall–Kier alpha value is -1.03. The third kappa shape index (κ3) is 9.06. The van der Waals surface area contributed by atoms with Gasteiger partial charge in [-0.15, -0.1) is 0 Å². The average molecular weight is 201 g/mol. The van der Waals surface area contributed by atoms with Crippen molar-refractivity contribution in [2.45, 2.75) is 19.8 Å². The van der Waals surface area contributed by atoms with Crippen molar-refractivity contribution in [3.05, 3.63) is 12.8 Å². The Bertz CT molecular complexity index is 159. The Kier molecular flexibility index (Phi) is 9.31. The highest BCUT2D eigenvalue weighted by molar-refractivity contribution is 5.75. The predicted molar refractivity (Wildman–Crippen MR) is 54.9 cm³/mol. The van der Waals surface area contributed by atoms with Gasteiger partial charge in [0.05, 0.1) is 19.5 Å². The Labute approximate surface area is 85.3 Å². The maximum Gasteiger partial charge on any atom is 0.222 e. The van der Waals surface area contributed by atoms with Gasteiger partial charge >= 0.3 is 0 Å². The van der Waals surface area contributed by atoms with E-state index in [4.69, 9.17) is 9.47 Å². The zero-order valence-corrected chi connectivity index (χ0v) is 8.75. The van der Waals surface area contributed by atoms with Gasteiger partial charge in [-0.1, -0.05) is 6.58 Å². The molecule has 0 saturated carbocycles. The van der Waals surface area contributed by atoms with Crippen LogP contribution in [0.2, 0.25) is 0 Å². The first-order valence-electron chi connectivity index (χ1n) is 4.88. The molecule has 0 fully saturated rings. The van der Waals surface area contributed by atoms with Crippen LogP contribution in [0.15, 0.2) is 12.8 Å². The van der Waals surface area contributed by atoms with Crippen molar-refractivity contribution >= 4 is 5.91 Å². The summed E-state index contributed by atoms with van der Waals surface area (Å²) in [5, 5.41) is 2.77. The summed E-state index contributed by atoms with van der Waals surface area (Å²) in [5.41, 5.74) is 0. The van der Waals surface area contributed by atoms with Gasteiger partial charge in [0.15, 0.2) is 0 Å². The molecule has 1 N–H and O–H groups in total. The topological polar surface area (TPSA) is 47.6 Å². The van der Waals surface area contributed by atoms with Crippen LogP contribution in [-0.4, -0.2) is 32.3 Å². The van der Waals surface area contributed by atoms with Crippen molar-refractivity contribution in [2.75, 3.05) is 26.4 Å². The van der Waals surface area contributed by atoms with Crippen LogP contribution >= 0.6 is 0 Å². The summed E-state index contributed by atoms with van der Waals surface area (Å²) in [6.07, 6.45) is 2.62. The minimum atomic E-state index is 0.0250. The smallest absolute Gasteiger partial charge is 0.222 e. The lowest BCUT2D eigenvalue weighted by Crippen LogP contribution is -2.26. The van der Waals surface area contributed by atoms with Crippen LogP contribution in [0.1, 0.15) is 19.8 Å². The summed E-state index contributed by atoms with van der Waals surface area (Å²) in [6, 6.07) is 0. The molecule has 0 aromatic rings. The fraction of sp³-hybridized carbons (Fsp3) is 0.700. The van der Waals surface area contributed by atoms with E-state index in [-0.39, 0.29) is 5.91 Å². The van der Waals surface area contributed by atoms with Gasteiger partial charge < -0.3 is 14.8 Å². The van der Waals surface area contributed by atoms with Gasteiger partial charge in [-0.05, 0) is 13.3 Å². The second-order valence-electron chi connectivity index (χ2n) is 2.69. The number of hydrogen-bond acceptors (Lipinski definition) is 3. The normalized spacial score (nSPS) is 9.50. The van der Waals surface area contributed by atoms with Crippen molar-refractivity contribution in [2.24, 2.45) is 0 Å². The van der Waals surface area contributed by atoms with E-state index in [1.165, 1.54) is 6.26 Å². The van der Waals surface area contributed by atoms with Crippen LogP contribution in [0.3, 0.4) is 0 Å². The number of hydrogen-bond donors (Lipinski definition) is 1. The molecule has 0 heterocycles. The molecule has 0 aromatic heterocycles. The van der Waals surface area contributed by atoms with Crippen LogP contribution in [-0.2, 0) is 14.3 Å². The third-order valence-corrected chi connectivity index (χ3v) is 1.56. The molecule has 1 amide bonds. The van der Waals surface area contributed by atoms with E-state index in [9.17, 15) is 4.79 Å². The largest absolute Gasteiger partial charge is 0.502 e. The van der Waals surface area contributed by atoms with Crippen LogP contribution in [0, 0.1) is 0 Å². The van der Waals surface area contributed by atoms with Crippen molar-refractivity contribution < 1.29 is 14.3 Å². The maximum absolute atomic E-state index is 11.1. The van der Waals surface area contributed by atoms with E-state index >= 15 is 0 Å². The van der Waals surface area contributed by atoms with E-state index in [0.717, 1.165) is 6.42 Å². The Morgan fingerprint density at radius 2 is 2.29 bits per heavy atom. The van der Waals surface area contributed by atoms with Crippen molar-refractivity contribution in [3.63, 3.8) is 0 Å². The highest BCUT2D eigenvalue weighted by Crippen LogP contribution is 1.85. The van der Waals surface area contributed by atoms with Gasteiger partial charge in [0.1, 0.15) is 0 Å². The second-order valence-corrected chi connectivity index (χ2v) is 2.69. The van der Waals surface area contributed by atoms with Crippen LogP contribution in [0.5, 0.6) is 0 Å². The molecule has 0 aromatic carbocycles. The van der Waals surface area contributed by atoms with Crippen molar-refractivity contribution in [1.82, 2.24) is 5.32 Å². The number of rotatable bonds is 9. The summed E-state index contributed by atoms with van der Waals surface area (Å²) in [5.74, 6) is 0.0250.